The minimum absolute atomic E-state index is 0.227. The molecule has 0 bridgehead atoms. The highest BCUT2D eigenvalue weighted by atomic mass is 35.5. The van der Waals surface area contributed by atoms with Gasteiger partial charge in [-0.15, -0.1) is 0 Å². The molecule has 4 nitrogen and oxygen atoms in total. The molecule has 1 amide bonds. The molecule has 0 aliphatic carbocycles. The van der Waals surface area contributed by atoms with Crippen LogP contribution >= 0.6 is 11.6 Å². The topological polar surface area (TPSA) is 54.9 Å². The van der Waals surface area contributed by atoms with E-state index in [-0.39, 0.29) is 5.91 Å². The number of nitrogens with zero attached hydrogens (tertiary/aromatic N) is 2. The Labute approximate surface area is 97.3 Å². The van der Waals surface area contributed by atoms with Crippen molar-refractivity contribution in [2.75, 3.05) is 5.32 Å². The molecular formula is C11H8ClN3O. The van der Waals surface area contributed by atoms with Crippen LogP contribution in [0.4, 0.5) is 5.69 Å². The first-order chi connectivity index (χ1) is 7.75. The Kier molecular flexibility index (Phi) is 3.12. The standard InChI is InChI=1S/C11H8ClN3O/c12-10-2-1-8(7-14-10)11(16)15-9-3-5-13-6-4-9/h1-7H,(H,13,15,16). The summed E-state index contributed by atoms with van der Waals surface area (Å²) >= 11 is 5.63. The van der Waals surface area contributed by atoms with Gasteiger partial charge in [-0.25, -0.2) is 4.98 Å². The Morgan fingerprint density at radius 1 is 1.19 bits per heavy atom. The highest BCUT2D eigenvalue weighted by Gasteiger charge is 2.05. The summed E-state index contributed by atoms with van der Waals surface area (Å²) in [6.45, 7) is 0. The van der Waals surface area contributed by atoms with Gasteiger partial charge in [-0.05, 0) is 24.3 Å². The Hall–Kier alpha value is -1.94. The summed E-state index contributed by atoms with van der Waals surface area (Å²) in [6, 6.07) is 6.61. The first-order valence-electron chi connectivity index (χ1n) is 4.58. The minimum Gasteiger partial charge on any atom is -0.322 e. The van der Waals surface area contributed by atoms with Gasteiger partial charge >= 0.3 is 0 Å². The second kappa shape index (κ2) is 4.72. The second-order valence-electron chi connectivity index (χ2n) is 3.06. The van der Waals surface area contributed by atoms with Crippen molar-refractivity contribution < 1.29 is 4.79 Å². The maximum absolute atomic E-state index is 11.7. The SMILES string of the molecule is O=C(Nc1ccncc1)c1ccc(Cl)nc1. The smallest absolute Gasteiger partial charge is 0.257 e. The number of nitrogens with one attached hydrogen (secondary N) is 1. The fraction of sp³-hybridized carbons (Fsp3) is 0. The van der Waals surface area contributed by atoms with Gasteiger partial charge in [-0.2, -0.15) is 0 Å². The molecule has 2 heterocycles. The summed E-state index contributed by atoms with van der Waals surface area (Å²) in [7, 11) is 0. The van der Waals surface area contributed by atoms with Gasteiger partial charge < -0.3 is 5.32 Å². The number of carbonyl (C=O) groups is 1. The number of anilines is 1. The van der Waals surface area contributed by atoms with Gasteiger partial charge in [0.05, 0.1) is 5.56 Å². The zero-order valence-corrected chi connectivity index (χ0v) is 8.98. The normalized spacial score (nSPS) is 9.81. The first kappa shape index (κ1) is 10.6. The van der Waals surface area contributed by atoms with Crippen LogP contribution in [0.3, 0.4) is 0 Å². The number of hydrogen-bond acceptors (Lipinski definition) is 3. The van der Waals surface area contributed by atoms with E-state index in [1.165, 1.54) is 6.20 Å². The van der Waals surface area contributed by atoms with Crippen molar-refractivity contribution in [2.45, 2.75) is 0 Å². The van der Waals surface area contributed by atoms with E-state index in [1.54, 1.807) is 36.7 Å². The average molecular weight is 234 g/mol. The summed E-state index contributed by atoms with van der Waals surface area (Å²) in [5.41, 5.74) is 1.15. The van der Waals surface area contributed by atoms with Crippen molar-refractivity contribution >= 4 is 23.2 Å². The van der Waals surface area contributed by atoms with Gasteiger partial charge in [0.15, 0.2) is 0 Å². The lowest BCUT2D eigenvalue weighted by Gasteiger charge is -2.03. The molecule has 0 aromatic carbocycles. The monoisotopic (exact) mass is 233 g/mol. The molecule has 2 aromatic heterocycles. The van der Waals surface area contributed by atoms with Crippen LogP contribution in [0.1, 0.15) is 10.4 Å². The van der Waals surface area contributed by atoms with E-state index < -0.39 is 0 Å². The molecule has 0 fully saturated rings. The van der Waals surface area contributed by atoms with Gasteiger partial charge in [0.2, 0.25) is 0 Å². The summed E-state index contributed by atoms with van der Waals surface area (Å²) in [5.74, 6) is -0.227. The zero-order chi connectivity index (χ0) is 11.4. The molecule has 0 saturated carbocycles. The highest BCUT2D eigenvalue weighted by molar-refractivity contribution is 6.29. The van der Waals surface area contributed by atoms with Crippen LogP contribution in [0.2, 0.25) is 5.15 Å². The molecule has 16 heavy (non-hydrogen) atoms. The maximum Gasteiger partial charge on any atom is 0.257 e. The van der Waals surface area contributed by atoms with Crippen LogP contribution in [0.5, 0.6) is 0 Å². The van der Waals surface area contributed by atoms with E-state index in [2.05, 4.69) is 15.3 Å². The highest BCUT2D eigenvalue weighted by Crippen LogP contribution is 2.09. The van der Waals surface area contributed by atoms with E-state index in [4.69, 9.17) is 11.6 Å². The fourth-order valence-corrected chi connectivity index (χ4v) is 1.26. The zero-order valence-electron chi connectivity index (χ0n) is 8.22. The number of aromatic nitrogens is 2. The number of amides is 1. The van der Waals surface area contributed by atoms with E-state index in [0.29, 0.717) is 16.4 Å². The molecule has 5 heteroatoms. The molecule has 2 rings (SSSR count). The van der Waals surface area contributed by atoms with Gasteiger partial charge in [0.25, 0.3) is 5.91 Å². The number of halogens is 1. The molecule has 2 aromatic rings. The molecule has 80 valence electrons. The third-order valence-electron chi connectivity index (χ3n) is 1.93. The molecule has 0 saturated heterocycles. The number of hydrogen-bond donors (Lipinski definition) is 1. The van der Waals surface area contributed by atoms with E-state index in [1.807, 2.05) is 0 Å². The summed E-state index contributed by atoms with van der Waals surface area (Å²) < 4.78 is 0. The van der Waals surface area contributed by atoms with E-state index >= 15 is 0 Å². The van der Waals surface area contributed by atoms with E-state index in [9.17, 15) is 4.79 Å². The Morgan fingerprint density at radius 3 is 2.56 bits per heavy atom. The summed E-state index contributed by atoms with van der Waals surface area (Å²) in [4.78, 5) is 19.4. The van der Waals surface area contributed by atoms with Crippen molar-refractivity contribution in [1.29, 1.82) is 0 Å². The maximum atomic E-state index is 11.7. The summed E-state index contributed by atoms with van der Waals surface area (Å²) in [5, 5.41) is 3.08. The molecule has 0 radical (unpaired) electrons. The van der Waals surface area contributed by atoms with Gasteiger partial charge in [-0.3, -0.25) is 9.78 Å². The number of carbonyl (C=O) groups excluding carboxylic acids is 1. The largest absolute Gasteiger partial charge is 0.322 e. The molecule has 0 spiro atoms. The van der Waals surface area contributed by atoms with Crippen molar-refractivity contribution in [1.82, 2.24) is 9.97 Å². The second-order valence-corrected chi connectivity index (χ2v) is 3.45. The lowest BCUT2D eigenvalue weighted by molar-refractivity contribution is 0.102. The van der Waals surface area contributed by atoms with Crippen molar-refractivity contribution in [2.24, 2.45) is 0 Å². The lowest BCUT2D eigenvalue weighted by atomic mass is 10.2. The predicted molar refractivity (Wildman–Crippen MR) is 61.4 cm³/mol. The molecule has 1 N–H and O–H groups in total. The van der Waals surface area contributed by atoms with Crippen LogP contribution in [0.15, 0.2) is 42.9 Å². The first-order valence-corrected chi connectivity index (χ1v) is 4.96. The van der Waals surface area contributed by atoms with Crippen LogP contribution in [-0.2, 0) is 0 Å². The fourth-order valence-electron chi connectivity index (χ4n) is 1.15. The Bertz CT molecular complexity index is 484. The van der Waals surface area contributed by atoms with Crippen LogP contribution in [0, 0.1) is 0 Å². The predicted octanol–water partition coefficient (Wildman–Crippen LogP) is 2.38. The molecular weight excluding hydrogens is 226 g/mol. The van der Waals surface area contributed by atoms with E-state index in [0.717, 1.165) is 0 Å². The van der Waals surface area contributed by atoms with Gasteiger partial charge in [0, 0.05) is 24.3 Å². The Balaban J connectivity index is 2.12. The van der Waals surface area contributed by atoms with Crippen LogP contribution < -0.4 is 5.32 Å². The molecule has 0 atom stereocenters. The van der Waals surface area contributed by atoms with Gasteiger partial charge in [0.1, 0.15) is 5.15 Å². The number of rotatable bonds is 2. The van der Waals surface area contributed by atoms with Crippen LogP contribution in [-0.4, -0.2) is 15.9 Å². The van der Waals surface area contributed by atoms with Gasteiger partial charge in [-0.1, -0.05) is 11.6 Å². The molecule has 0 aliphatic heterocycles. The van der Waals surface area contributed by atoms with Crippen molar-refractivity contribution in [3.8, 4) is 0 Å². The lowest BCUT2D eigenvalue weighted by Crippen LogP contribution is -2.11. The van der Waals surface area contributed by atoms with Crippen molar-refractivity contribution in [3.05, 3.63) is 53.6 Å². The Morgan fingerprint density at radius 2 is 1.94 bits per heavy atom. The molecule has 0 unspecified atom stereocenters. The third kappa shape index (κ3) is 2.55. The number of pyridine rings is 2. The third-order valence-corrected chi connectivity index (χ3v) is 2.15. The quantitative estimate of drug-likeness (QED) is 0.811. The van der Waals surface area contributed by atoms with Crippen molar-refractivity contribution in [3.63, 3.8) is 0 Å². The average Bonchev–Trinajstić information content (AvgIpc) is 2.31. The molecule has 0 aliphatic rings. The minimum atomic E-state index is -0.227. The van der Waals surface area contributed by atoms with Crippen LogP contribution in [0.25, 0.3) is 0 Å². The summed E-state index contributed by atoms with van der Waals surface area (Å²) in [6.07, 6.45) is 4.64.